The molecule has 2 heterocycles. The zero-order valence-corrected chi connectivity index (χ0v) is 14.5. The van der Waals surface area contributed by atoms with Crippen LogP contribution < -0.4 is 10.9 Å². The van der Waals surface area contributed by atoms with Gasteiger partial charge in [-0.2, -0.15) is 5.43 Å². The monoisotopic (exact) mass is 342 g/mol. The van der Waals surface area contributed by atoms with Crippen molar-refractivity contribution in [2.45, 2.75) is 44.8 Å². The summed E-state index contributed by atoms with van der Waals surface area (Å²) in [5.74, 6) is 0.0983. The number of carbonyl (C=O) groups excluding carboxylic acids is 1. The summed E-state index contributed by atoms with van der Waals surface area (Å²) in [6.45, 7) is 1.92. The summed E-state index contributed by atoms with van der Waals surface area (Å²) in [7, 11) is 0. The Hall–Kier alpha value is -2.08. The molecule has 6 nitrogen and oxygen atoms in total. The van der Waals surface area contributed by atoms with E-state index in [1.165, 1.54) is 18.4 Å². The van der Waals surface area contributed by atoms with Gasteiger partial charge in [-0.1, -0.05) is 30.3 Å². The first-order valence-electron chi connectivity index (χ1n) is 9.27. The number of nitrogens with one attached hydrogen (secondary N) is 2. The fourth-order valence-electron chi connectivity index (χ4n) is 3.63. The highest BCUT2D eigenvalue weighted by Crippen LogP contribution is 2.53. The second-order valence-electron chi connectivity index (χ2n) is 7.40. The molecular weight excluding hydrogens is 316 g/mol. The molecule has 4 rings (SSSR count). The quantitative estimate of drug-likeness (QED) is 0.857. The van der Waals surface area contributed by atoms with E-state index in [9.17, 15) is 4.79 Å². The molecule has 3 fully saturated rings. The van der Waals surface area contributed by atoms with Gasteiger partial charge in [0.15, 0.2) is 6.23 Å². The van der Waals surface area contributed by atoms with Crippen molar-refractivity contribution in [1.82, 2.24) is 15.8 Å². The lowest BCUT2D eigenvalue weighted by atomic mass is 9.94. The van der Waals surface area contributed by atoms with Crippen LogP contribution in [-0.4, -0.2) is 42.7 Å². The highest BCUT2D eigenvalue weighted by atomic mass is 16.5. The number of hydrogen-bond donors (Lipinski definition) is 2. The van der Waals surface area contributed by atoms with Gasteiger partial charge in [-0.05, 0) is 43.1 Å². The number of nitrogens with zero attached hydrogens (tertiary/aromatic N) is 2. The number of carbonyl (C=O) groups is 1. The van der Waals surface area contributed by atoms with Crippen LogP contribution in [0.5, 0.6) is 0 Å². The van der Waals surface area contributed by atoms with Gasteiger partial charge in [0.1, 0.15) is 6.54 Å². The maximum absolute atomic E-state index is 12.3. The molecule has 1 amide bonds. The summed E-state index contributed by atoms with van der Waals surface area (Å²) >= 11 is 0. The molecule has 2 aliphatic heterocycles. The molecule has 2 N–H and O–H groups in total. The van der Waals surface area contributed by atoms with Crippen LogP contribution in [0.25, 0.3) is 0 Å². The van der Waals surface area contributed by atoms with E-state index in [0.717, 1.165) is 38.8 Å². The van der Waals surface area contributed by atoms with Crippen LogP contribution in [0.3, 0.4) is 0 Å². The van der Waals surface area contributed by atoms with Crippen molar-refractivity contribution in [3.63, 3.8) is 0 Å². The van der Waals surface area contributed by atoms with Crippen molar-refractivity contribution < 1.29 is 9.53 Å². The molecule has 0 bridgehead atoms. The average Bonchev–Trinajstić information content (AvgIpc) is 3.25. The highest BCUT2D eigenvalue weighted by Gasteiger charge is 2.44. The Morgan fingerprint density at radius 2 is 1.96 bits per heavy atom. The summed E-state index contributed by atoms with van der Waals surface area (Å²) < 4.78 is 5.72. The molecule has 1 atom stereocenters. The molecule has 1 saturated carbocycles. The Morgan fingerprint density at radius 3 is 2.68 bits per heavy atom. The second-order valence-corrected chi connectivity index (χ2v) is 7.40. The van der Waals surface area contributed by atoms with E-state index in [-0.39, 0.29) is 18.7 Å². The van der Waals surface area contributed by atoms with E-state index in [2.05, 4.69) is 28.0 Å². The number of aliphatic imine (C=N–C) groups is 1. The first kappa shape index (κ1) is 16.4. The Balaban J connectivity index is 1.19. The van der Waals surface area contributed by atoms with Gasteiger partial charge < -0.3 is 9.64 Å². The summed E-state index contributed by atoms with van der Waals surface area (Å²) in [6, 6.07) is 10.7. The van der Waals surface area contributed by atoms with Crippen LogP contribution in [0.4, 0.5) is 0 Å². The Labute approximate surface area is 148 Å². The second kappa shape index (κ2) is 7.04. The minimum absolute atomic E-state index is 0.0983. The predicted octanol–water partition coefficient (Wildman–Crippen LogP) is 1.83. The van der Waals surface area contributed by atoms with E-state index in [1.807, 2.05) is 23.1 Å². The molecule has 25 heavy (non-hydrogen) atoms. The van der Waals surface area contributed by atoms with Crippen LogP contribution in [0.1, 0.15) is 37.7 Å². The fourth-order valence-corrected chi connectivity index (χ4v) is 3.63. The minimum atomic E-state index is -0.112. The number of hydrogen-bond acceptors (Lipinski definition) is 4. The first-order valence-corrected chi connectivity index (χ1v) is 9.27. The fraction of sp³-hybridized carbons (Fsp3) is 0.579. The molecule has 3 aliphatic rings. The van der Waals surface area contributed by atoms with Crippen molar-refractivity contribution >= 4 is 11.9 Å². The molecule has 2 saturated heterocycles. The summed E-state index contributed by atoms with van der Waals surface area (Å²) in [6.07, 6.45) is 6.69. The van der Waals surface area contributed by atoms with Gasteiger partial charge in [-0.25, -0.2) is 4.99 Å². The summed E-state index contributed by atoms with van der Waals surface area (Å²) in [5.41, 5.74) is 7.88. The van der Waals surface area contributed by atoms with Gasteiger partial charge >= 0.3 is 6.02 Å². The molecule has 1 aromatic rings. The molecular formula is C19H26N4O2. The molecule has 1 aromatic carbocycles. The summed E-state index contributed by atoms with van der Waals surface area (Å²) in [5, 5.41) is 0. The number of amidine groups is 1. The first-order chi connectivity index (χ1) is 12.2. The van der Waals surface area contributed by atoms with E-state index >= 15 is 0 Å². The van der Waals surface area contributed by atoms with Crippen molar-refractivity contribution in [3.05, 3.63) is 35.9 Å². The van der Waals surface area contributed by atoms with Crippen LogP contribution >= 0.6 is 0 Å². The van der Waals surface area contributed by atoms with Crippen LogP contribution in [-0.2, 0) is 16.0 Å². The van der Waals surface area contributed by atoms with Gasteiger partial charge in [-0.15, -0.1) is 0 Å². The van der Waals surface area contributed by atoms with E-state index in [4.69, 9.17) is 4.74 Å². The molecule has 1 unspecified atom stereocenters. The lowest BCUT2D eigenvalue weighted by molar-refractivity contribution is -0.131. The molecule has 1 aliphatic carbocycles. The number of rotatable bonds is 5. The number of hydrazine groups is 1. The van der Waals surface area contributed by atoms with Gasteiger partial charge in [0.2, 0.25) is 5.91 Å². The van der Waals surface area contributed by atoms with E-state index in [1.54, 1.807) is 0 Å². The number of piperidine rings is 1. The average molecular weight is 342 g/mol. The van der Waals surface area contributed by atoms with E-state index in [0.29, 0.717) is 11.4 Å². The standard InChI is InChI=1S/C19H26N4O2/c24-17(23-12-10-19(8-9-19)11-13-23)14-20-18-22-21-16(25-18)7-6-15-4-2-1-3-5-15/h1-5,16,21H,6-14H2,(H,20,22). The van der Waals surface area contributed by atoms with Gasteiger partial charge in [0.05, 0.1) is 0 Å². The van der Waals surface area contributed by atoms with Crippen molar-refractivity contribution in [1.29, 1.82) is 0 Å². The third kappa shape index (κ3) is 4.12. The Bertz CT molecular complexity index is 632. The molecule has 0 aromatic heterocycles. The number of ether oxygens (including phenoxy) is 1. The van der Waals surface area contributed by atoms with Crippen LogP contribution in [0, 0.1) is 5.41 Å². The number of aryl methyl sites for hydroxylation is 1. The minimum Gasteiger partial charge on any atom is -0.444 e. The zero-order valence-electron chi connectivity index (χ0n) is 14.5. The molecule has 1 spiro atoms. The third-order valence-corrected chi connectivity index (χ3v) is 5.62. The smallest absolute Gasteiger partial charge is 0.301 e. The molecule has 0 radical (unpaired) electrons. The summed E-state index contributed by atoms with van der Waals surface area (Å²) in [4.78, 5) is 18.5. The number of benzene rings is 1. The Kier molecular flexibility index (Phi) is 4.61. The number of likely N-dealkylation sites (tertiary alicyclic amines) is 1. The van der Waals surface area contributed by atoms with Gasteiger partial charge in [0.25, 0.3) is 0 Å². The van der Waals surface area contributed by atoms with Crippen LogP contribution in [0.15, 0.2) is 35.3 Å². The third-order valence-electron chi connectivity index (χ3n) is 5.62. The van der Waals surface area contributed by atoms with Gasteiger partial charge in [0, 0.05) is 19.5 Å². The Morgan fingerprint density at radius 1 is 1.20 bits per heavy atom. The van der Waals surface area contributed by atoms with Crippen LogP contribution in [0.2, 0.25) is 0 Å². The lowest BCUT2D eigenvalue weighted by Gasteiger charge is -2.31. The van der Waals surface area contributed by atoms with Crippen molar-refractivity contribution in [3.8, 4) is 0 Å². The SMILES string of the molecule is O=C(CN=C1NNC(CCc2ccccc2)O1)N1CCC2(CC1)CC2. The van der Waals surface area contributed by atoms with Crippen molar-refractivity contribution in [2.75, 3.05) is 19.6 Å². The lowest BCUT2D eigenvalue weighted by Crippen LogP contribution is -2.40. The topological polar surface area (TPSA) is 66.0 Å². The molecule has 134 valence electrons. The molecule has 6 heteroatoms. The van der Waals surface area contributed by atoms with Gasteiger partial charge in [-0.3, -0.25) is 10.2 Å². The largest absolute Gasteiger partial charge is 0.444 e. The maximum atomic E-state index is 12.3. The zero-order chi connectivity index (χ0) is 17.1. The van der Waals surface area contributed by atoms with Crippen molar-refractivity contribution in [2.24, 2.45) is 10.4 Å². The normalized spacial score (nSPS) is 25.7. The maximum Gasteiger partial charge on any atom is 0.301 e. The predicted molar refractivity (Wildman–Crippen MR) is 95.7 cm³/mol. The van der Waals surface area contributed by atoms with E-state index < -0.39 is 0 Å². The number of amides is 1. The highest BCUT2D eigenvalue weighted by molar-refractivity contribution is 5.82.